The van der Waals surface area contributed by atoms with Crippen molar-refractivity contribution in [2.45, 2.75) is 19.0 Å². The molecule has 4 aromatic rings. The summed E-state index contributed by atoms with van der Waals surface area (Å²) >= 11 is 1.14. The second kappa shape index (κ2) is 8.07. The van der Waals surface area contributed by atoms with Crippen molar-refractivity contribution < 1.29 is 9.18 Å². The summed E-state index contributed by atoms with van der Waals surface area (Å²) in [5, 5.41) is 15.4. The maximum atomic E-state index is 13.2. The number of hydrogen-bond acceptors (Lipinski definition) is 6. The summed E-state index contributed by atoms with van der Waals surface area (Å²) in [7, 11) is 0. The number of aromatic amines is 1. The van der Waals surface area contributed by atoms with Gasteiger partial charge in [0.25, 0.3) is 11.3 Å². The summed E-state index contributed by atoms with van der Waals surface area (Å²) in [5.74, 6) is -0.371. The third-order valence-electron chi connectivity index (χ3n) is 4.58. The monoisotopic (exact) mass is 424 g/mol. The molecule has 0 bridgehead atoms. The number of nitrogens with zero attached hydrogens (tertiary/aromatic N) is 4. The predicted octanol–water partition coefficient (Wildman–Crippen LogP) is 2.97. The largest absolute Gasteiger partial charge is 0.325 e. The molecule has 0 atom stereocenters. The molecule has 2 heterocycles. The fourth-order valence-electron chi connectivity index (χ4n) is 2.83. The lowest BCUT2D eigenvalue weighted by atomic mass is 10.1. The molecule has 0 fully saturated rings. The van der Waals surface area contributed by atoms with E-state index in [-0.39, 0.29) is 23.1 Å². The second-order valence-corrected chi connectivity index (χ2v) is 7.55. The van der Waals surface area contributed by atoms with Gasteiger partial charge in [-0.15, -0.1) is 10.2 Å². The first-order valence-electron chi connectivity index (χ1n) is 9.03. The van der Waals surface area contributed by atoms with Crippen LogP contribution in [0.25, 0.3) is 17.0 Å². The molecule has 0 radical (unpaired) electrons. The van der Waals surface area contributed by atoms with Crippen LogP contribution in [0, 0.1) is 19.7 Å². The Hall–Kier alpha value is -3.53. The molecule has 1 amide bonds. The van der Waals surface area contributed by atoms with Crippen LogP contribution in [0.2, 0.25) is 0 Å². The van der Waals surface area contributed by atoms with Gasteiger partial charge in [-0.25, -0.2) is 4.39 Å². The number of carbonyl (C=O) groups is 1. The third-order valence-corrected chi connectivity index (χ3v) is 5.50. The third kappa shape index (κ3) is 3.94. The zero-order valence-corrected chi connectivity index (χ0v) is 17.0. The van der Waals surface area contributed by atoms with E-state index in [1.165, 1.54) is 28.8 Å². The molecule has 30 heavy (non-hydrogen) atoms. The van der Waals surface area contributed by atoms with E-state index in [1.807, 2.05) is 32.0 Å². The van der Waals surface area contributed by atoms with Gasteiger partial charge in [0.05, 0.1) is 5.75 Å². The number of amides is 1. The van der Waals surface area contributed by atoms with Gasteiger partial charge in [-0.2, -0.15) is 9.61 Å². The lowest BCUT2D eigenvalue weighted by Crippen LogP contribution is -2.17. The Kier molecular flexibility index (Phi) is 5.32. The highest BCUT2D eigenvalue weighted by molar-refractivity contribution is 7.99. The van der Waals surface area contributed by atoms with E-state index in [9.17, 15) is 14.0 Å². The maximum absolute atomic E-state index is 13.2. The van der Waals surface area contributed by atoms with E-state index in [0.29, 0.717) is 10.7 Å². The number of nitrogens with one attached hydrogen (secondary N) is 2. The zero-order valence-electron chi connectivity index (χ0n) is 16.1. The van der Waals surface area contributed by atoms with Gasteiger partial charge in [-0.1, -0.05) is 23.9 Å². The Bertz CT molecular complexity index is 1300. The van der Waals surface area contributed by atoms with E-state index in [4.69, 9.17) is 0 Å². The van der Waals surface area contributed by atoms with Crippen molar-refractivity contribution in [2.75, 3.05) is 11.1 Å². The van der Waals surface area contributed by atoms with Crippen molar-refractivity contribution >= 4 is 29.1 Å². The number of benzene rings is 2. The number of carbonyl (C=O) groups excluding carboxylic acids is 1. The smallest absolute Gasteiger partial charge is 0.279 e. The van der Waals surface area contributed by atoms with Gasteiger partial charge < -0.3 is 5.32 Å². The van der Waals surface area contributed by atoms with Crippen LogP contribution in [-0.4, -0.2) is 36.5 Å². The summed E-state index contributed by atoms with van der Waals surface area (Å²) in [6.07, 6.45) is 0. The normalized spacial score (nSPS) is 11.0. The van der Waals surface area contributed by atoms with Crippen molar-refractivity contribution in [2.24, 2.45) is 0 Å². The number of anilines is 1. The van der Waals surface area contributed by atoms with Gasteiger partial charge in [0.15, 0.2) is 5.69 Å². The number of hydrogen-bond donors (Lipinski definition) is 2. The van der Waals surface area contributed by atoms with E-state index in [1.54, 1.807) is 0 Å². The number of fused-ring (bicyclic) bond motifs is 1. The minimum Gasteiger partial charge on any atom is -0.325 e. The number of aromatic nitrogens is 5. The zero-order chi connectivity index (χ0) is 21.3. The van der Waals surface area contributed by atoms with E-state index in [0.717, 1.165) is 28.6 Å². The molecule has 0 aliphatic rings. The molecule has 10 heteroatoms. The van der Waals surface area contributed by atoms with Crippen molar-refractivity contribution in [3.8, 4) is 11.3 Å². The quantitative estimate of drug-likeness (QED) is 0.477. The number of halogens is 1. The fraction of sp³-hybridized carbons (Fsp3) is 0.150. The lowest BCUT2D eigenvalue weighted by molar-refractivity contribution is -0.113. The molecule has 152 valence electrons. The Balaban J connectivity index is 1.55. The van der Waals surface area contributed by atoms with Crippen LogP contribution in [0.15, 0.2) is 52.4 Å². The van der Waals surface area contributed by atoms with Crippen LogP contribution in [0.1, 0.15) is 11.1 Å². The Morgan fingerprint density at radius 3 is 2.70 bits per heavy atom. The van der Waals surface area contributed by atoms with E-state index >= 15 is 0 Å². The number of aryl methyl sites for hydroxylation is 1. The summed E-state index contributed by atoms with van der Waals surface area (Å²) < 4.78 is 14.5. The SMILES string of the molecule is Cc1cccc(NC(=O)CSc2nnc3[nH]c(=O)c(-c4ccc(F)cc4)nn23)c1C. The molecule has 8 nitrogen and oxygen atoms in total. The average Bonchev–Trinajstić information content (AvgIpc) is 3.11. The second-order valence-electron chi connectivity index (χ2n) is 6.61. The van der Waals surface area contributed by atoms with Gasteiger partial charge in [0, 0.05) is 11.3 Å². The molecule has 2 N–H and O–H groups in total. The first-order valence-corrected chi connectivity index (χ1v) is 10.0. The molecule has 4 rings (SSSR count). The minimum absolute atomic E-state index is 0.0842. The standard InChI is InChI=1S/C20H17FN6O2S/c1-11-4-3-5-15(12(11)2)22-16(28)10-30-20-25-24-19-23-18(29)17(26-27(19)20)13-6-8-14(21)9-7-13/h3-9H,10H2,1-2H3,(H,22,28)(H,23,24,29). The molecule has 0 aliphatic heterocycles. The lowest BCUT2D eigenvalue weighted by Gasteiger charge is -2.09. The summed E-state index contributed by atoms with van der Waals surface area (Å²) in [6.45, 7) is 3.93. The summed E-state index contributed by atoms with van der Waals surface area (Å²) in [6, 6.07) is 11.1. The summed E-state index contributed by atoms with van der Waals surface area (Å²) in [4.78, 5) is 27.3. The van der Waals surface area contributed by atoms with Gasteiger partial charge in [-0.3, -0.25) is 14.6 Å². The van der Waals surface area contributed by atoms with Crippen LogP contribution in [0.3, 0.4) is 0 Å². The Morgan fingerprint density at radius 1 is 1.17 bits per heavy atom. The molecule has 0 aliphatic carbocycles. The van der Waals surface area contributed by atoms with Crippen molar-refractivity contribution in [1.29, 1.82) is 0 Å². The molecule has 0 saturated heterocycles. The fourth-order valence-corrected chi connectivity index (χ4v) is 3.51. The first kappa shape index (κ1) is 19.8. The molecular weight excluding hydrogens is 407 g/mol. The predicted molar refractivity (Wildman–Crippen MR) is 112 cm³/mol. The number of H-pyrrole nitrogens is 1. The van der Waals surface area contributed by atoms with E-state index in [2.05, 4.69) is 25.6 Å². The molecule has 0 spiro atoms. The molecular formula is C20H17FN6O2S. The van der Waals surface area contributed by atoms with Crippen molar-refractivity contribution in [3.05, 3.63) is 69.8 Å². The van der Waals surface area contributed by atoms with Crippen LogP contribution in [0.4, 0.5) is 10.1 Å². The molecule has 2 aromatic carbocycles. The van der Waals surface area contributed by atoms with Crippen LogP contribution < -0.4 is 10.9 Å². The first-order chi connectivity index (χ1) is 14.4. The highest BCUT2D eigenvalue weighted by atomic mass is 32.2. The van der Waals surface area contributed by atoms with Crippen molar-refractivity contribution in [3.63, 3.8) is 0 Å². The topological polar surface area (TPSA) is 105 Å². The summed E-state index contributed by atoms with van der Waals surface area (Å²) in [5.41, 5.74) is 2.94. The minimum atomic E-state index is -0.467. The highest BCUT2D eigenvalue weighted by Gasteiger charge is 2.15. The Labute approximate surface area is 174 Å². The molecule has 2 aromatic heterocycles. The maximum Gasteiger partial charge on any atom is 0.279 e. The van der Waals surface area contributed by atoms with Gasteiger partial charge >= 0.3 is 0 Å². The van der Waals surface area contributed by atoms with Gasteiger partial charge in [0.1, 0.15) is 5.82 Å². The van der Waals surface area contributed by atoms with E-state index < -0.39 is 11.4 Å². The number of rotatable bonds is 5. The van der Waals surface area contributed by atoms with Gasteiger partial charge in [0.2, 0.25) is 11.1 Å². The van der Waals surface area contributed by atoms with Crippen LogP contribution in [-0.2, 0) is 4.79 Å². The average molecular weight is 424 g/mol. The molecule has 0 unspecified atom stereocenters. The van der Waals surface area contributed by atoms with Gasteiger partial charge in [-0.05, 0) is 55.3 Å². The number of thioether (sulfide) groups is 1. The van der Waals surface area contributed by atoms with Crippen LogP contribution >= 0.6 is 11.8 Å². The van der Waals surface area contributed by atoms with Crippen molar-refractivity contribution in [1.82, 2.24) is 24.8 Å². The van der Waals surface area contributed by atoms with Crippen LogP contribution in [0.5, 0.6) is 0 Å². The highest BCUT2D eigenvalue weighted by Crippen LogP contribution is 2.20. The molecule has 0 saturated carbocycles. The Morgan fingerprint density at radius 2 is 1.93 bits per heavy atom.